The summed E-state index contributed by atoms with van der Waals surface area (Å²) in [5.41, 5.74) is 1.13. The first-order chi connectivity index (χ1) is 7.16. The van der Waals surface area contributed by atoms with Gasteiger partial charge in [0.15, 0.2) is 5.75 Å². The van der Waals surface area contributed by atoms with E-state index in [4.69, 9.17) is 0 Å². The molecule has 4 heteroatoms. The van der Waals surface area contributed by atoms with Crippen LogP contribution in [0.15, 0.2) is 22.7 Å². The van der Waals surface area contributed by atoms with Crippen molar-refractivity contribution >= 4 is 21.6 Å². The topological polar surface area (TPSA) is 26.4 Å². The summed E-state index contributed by atoms with van der Waals surface area (Å²) in [4.78, 5) is 4.62. The van der Waals surface area contributed by atoms with Gasteiger partial charge in [0.25, 0.3) is 0 Å². The predicted octanol–water partition coefficient (Wildman–Crippen LogP) is 2.34. The van der Waals surface area contributed by atoms with Gasteiger partial charge in [-0.2, -0.15) is 0 Å². The van der Waals surface area contributed by atoms with Crippen molar-refractivity contribution in [2.75, 3.05) is 38.1 Å². The average Bonchev–Trinajstić information content (AvgIpc) is 2.23. The van der Waals surface area contributed by atoms with Crippen LogP contribution in [0.5, 0.6) is 5.75 Å². The van der Waals surface area contributed by atoms with Gasteiger partial charge in [-0.05, 0) is 41.2 Å². The predicted molar refractivity (Wildman–Crippen MR) is 64.0 cm³/mol. The van der Waals surface area contributed by atoms with Crippen LogP contribution in [-0.2, 0) is 5.11 Å². The average molecular weight is 270 g/mol. The standard InChI is InChI=1S/C11H14BrN2O/c1-13-4-6-14(7-5-13)9-2-3-11(15)10(12)8-9/h2-3,8H,4-7H2,1H3. The molecular formula is C11H14BrN2O. The van der Waals surface area contributed by atoms with Crippen LogP contribution in [0.4, 0.5) is 5.69 Å². The lowest BCUT2D eigenvalue weighted by Crippen LogP contribution is -2.44. The van der Waals surface area contributed by atoms with E-state index < -0.39 is 0 Å². The summed E-state index contributed by atoms with van der Waals surface area (Å²) in [6, 6.07) is 5.43. The Labute approximate surface area is 98.4 Å². The van der Waals surface area contributed by atoms with E-state index >= 15 is 0 Å². The van der Waals surface area contributed by atoms with E-state index in [1.54, 1.807) is 6.07 Å². The zero-order valence-corrected chi connectivity index (χ0v) is 10.3. The lowest BCUT2D eigenvalue weighted by molar-refractivity contribution is 0.312. The minimum absolute atomic E-state index is 0.0490. The molecule has 1 aromatic rings. The van der Waals surface area contributed by atoms with Crippen molar-refractivity contribution in [3.8, 4) is 5.75 Å². The van der Waals surface area contributed by atoms with E-state index in [0.29, 0.717) is 4.47 Å². The molecule has 1 heterocycles. The summed E-state index contributed by atoms with van der Waals surface area (Å²) < 4.78 is 0.652. The van der Waals surface area contributed by atoms with Crippen LogP contribution in [0.2, 0.25) is 0 Å². The number of benzene rings is 1. The Hall–Kier alpha value is -0.740. The molecule has 1 aliphatic heterocycles. The molecule has 0 aliphatic carbocycles. The minimum Gasteiger partial charge on any atom is -0.369 e. The summed E-state index contributed by atoms with van der Waals surface area (Å²) in [5.74, 6) is 0.0490. The molecule has 3 nitrogen and oxygen atoms in total. The minimum atomic E-state index is 0.0490. The van der Waals surface area contributed by atoms with E-state index in [1.807, 2.05) is 12.1 Å². The molecule has 0 unspecified atom stereocenters. The molecule has 1 saturated heterocycles. The molecule has 0 saturated carbocycles. The van der Waals surface area contributed by atoms with Crippen molar-refractivity contribution in [2.45, 2.75) is 0 Å². The Morgan fingerprint density at radius 3 is 2.47 bits per heavy atom. The molecule has 0 bridgehead atoms. The number of halogens is 1. The molecule has 1 fully saturated rings. The highest BCUT2D eigenvalue weighted by Crippen LogP contribution is 2.29. The van der Waals surface area contributed by atoms with Gasteiger partial charge in [0, 0.05) is 31.9 Å². The summed E-state index contributed by atoms with van der Waals surface area (Å²) in [5, 5.41) is 11.2. The van der Waals surface area contributed by atoms with Crippen LogP contribution in [-0.4, -0.2) is 38.1 Å². The van der Waals surface area contributed by atoms with Gasteiger partial charge < -0.3 is 9.80 Å². The second kappa shape index (κ2) is 4.41. The van der Waals surface area contributed by atoms with Crippen molar-refractivity contribution < 1.29 is 5.11 Å². The zero-order valence-electron chi connectivity index (χ0n) is 8.74. The summed E-state index contributed by atoms with van der Waals surface area (Å²) in [6.45, 7) is 4.22. The molecule has 1 aliphatic rings. The molecule has 0 spiro atoms. The summed E-state index contributed by atoms with van der Waals surface area (Å²) in [6.07, 6.45) is 0. The maximum absolute atomic E-state index is 11.2. The number of hydrogen-bond acceptors (Lipinski definition) is 2. The van der Waals surface area contributed by atoms with E-state index in [1.165, 1.54) is 0 Å². The van der Waals surface area contributed by atoms with E-state index in [-0.39, 0.29) is 5.75 Å². The second-order valence-electron chi connectivity index (χ2n) is 3.91. The molecule has 0 atom stereocenters. The Morgan fingerprint density at radius 1 is 1.20 bits per heavy atom. The van der Waals surface area contributed by atoms with Gasteiger partial charge in [-0.3, -0.25) is 5.11 Å². The van der Waals surface area contributed by atoms with Gasteiger partial charge in [-0.1, -0.05) is 0 Å². The van der Waals surface area contributed by atoms with Crippen LogP contribution in [0.1, 0.15) is 0 Å². The van der Waals surface area contributed by atoms with Gasteiger partial charge >= 0.3 is 0 Å². The SMILES string of the molecule is CN1CCN(c2ccc([O])c(Br)c2)CC1. The van der Waals surface area contributed by atoms with Crippen LogP contribution in [0.3, 0.4) is 0 Å². The lowest BCUT2D eigenvalue weighted by atomic mass is 10.2. The number of anilines is 1. The van der Waals surface area contributed by atoms with Crippen LogP contribution in [0, 0.1) is 0 Å². The van der Waals surface area contributed by atoms with E-state index in [9.17, 15) is 5.11 Å². The highest BCUT2D eigenvalue weighted by molar-refractivity contribution is 9.10. The second-order valence-corrected chi connectivity index (χ2v) is 4.76. The Kier molecular flexibility index (Phi) is 3.17. The quantitative estimate of drug-likeness (QED) is 0.783. The molecule has 0 aromatic heterocycles. The highest BCUT2D eigenvalue weighted by atomic mass is 79.9. The van der Waals surface area contributed by atoms with Crippen molar-refractivity contribution in [3.05, 3.63) is 22.7 Å². The zero-order chi connectivity index (χ0) is 10.8. The highest BCUT2D eigenvalue weighted by Gasteiger charge is 2.15. The molecule has 0 N–H and O–H groups in total. The largest absolute Gasteiger partial charge is 0.369 e. The molecule has 81 valence electrons. The first kappa shape index (κ1) is 10.8. The third-order valence-corrected chi connectivity index (χ3v) is 3.40. The van der Waals surface area contributed by atoms with E-state index in [2.05, 4.69) is 32.8 Å². The summed E-state index contributed by atoms with van der Waals surface area (Å²) >= 11 is 3.27. The van der Waals surface area contributed by atoms with Crippen LogP contribution >= 0.6 is 15.9 Å². The third kappa shape index (κ3) is 2.44. The fourth-order valence-corrected chi connectivity index (χ4v) is 2.12. The van der Waals surface area contributed by atoms with Gasteiger partial charge in [-0.25, -0.2) is 0 Å². The normalized spacial score (nSPS) is 18.1. The number of nitrogens with zero attached hydrogens (tertiary/aromatic N) is 2. The van der Waals surface area contributed by atoms with Gasteiger partial charge in [0.2, 0.25) is 0 Å². The number of rotatable bonds is 1. The molecule has 15 heavy (non-hydrogen) atoms. The van der Waals surface area contributed by atoms with Crippen molar-refractivity contribution in [3.63, 3.8) is 0 Å². The van der Waals surface area contributed by atoms with E-state index in [0.717, 1.165) is 31.9 Å². The monoisotopic (exact) mass is 269 g/mol. The van der Waals surface area contributed by atoms with Gasteiger partial charge in [0.1, 0.15) is 0 Å². The fraction of sp³-hybridized carbons (Fsp3) is 0.455. The number of likely N-dealkylation sites (N-methyl/N-ethyl adjacent to an activating group) is 1. The lowest BCUT2D eigenvalue weighted by Gasteiger charge is -2.34. The molecule has 2 rings (SSSR count). The Bertz CT molecular complexity index is 348. The van der Waals surface area contributed by atoms with Crippen molar-refractivity contribution in [2.24, 2.45) is 0 Å². The first-order valence-corrected chi connectivity index (χ1v) is 5.86. The first-order valence-electron chi connectivity index (χ1n) is 5.07. The number of piperazine rings is 1. The molecule has 1 radical (unpaired) electrons. The third-order valence-electron chi connectivity index (χ3n) is 2.78. The molecular weight excluding hydrogens is 256 g/mol. The van der Waals surface area contributed by atoms with Crippen molar-refractivity contribution in [1.82, 2.24) is 4.90 Å². The maximum Gasteiger partial charge on any atom is 0.192 e. The van der Waals surface area contributed by atoms with Crippen molar-refractivity contribution in [1.29, 1.82) is 0 Å². The smallest absolute Gasteiger partial charge is 0.192 e. The maximum atomic E-state index is 11.2. The van der Waals surface area contributed by atoms with Crippen LogP contribution < -0.4 is 4.90 Å². The fourth-order valence-electron chi connectivity index (χ4n) is 1.75. The number of hydrogen-bond donors (Lipinski definition) is 0. The summed E-state index contributed by atoms with van der Waals surface area (Å²) in [7, 11) is 2.13. The molecule has 1 aromatic carbocycles. The van der Waals surface area contributed by atoms with Gasteiger partial charge in [-0.15, -0.1) is 0 Å². The Morgan fingerprint density at radius 2 is 1.87 bits per heavy atom. The van der Waals surface area contributed by atoms with Gasteiger partial charge in [0.05, 0.1) is 4.47 Å². The van der Waals surface area contributed by atoms with Crippen LogP contribution in [0.25, 0.3) is 0 Å². The Balaban J connectivity index is 2.12. The molecule has 0 amide bonds.